The molecule has 0 aliphatic heterocycles. The van der Waals surface area contributed by atoms with Gasteiger partial charge in [-0.15, -0.1) is 0 Å². The normalized spacial score (nSPS) is 12.6. The highest BCUT2D eigenvalue weighted by Crippen LogP contribution is 2.13. The van der Waals surface area contributed by atoms with Gasteiger partial charge in [0, 0.05) is 6.42 Å². The van der Waals surface area contributed by atoms with E-state index in [4.69, 9.17) is 5.11 Å². The molecule has 0 atom stereocenters. The van der Waals surface area contributed by atoms with Crippen molar-refractivity contribution in [3.05, 3.63) is 11.1 Å². The van der Waals surface area contributed by atoms with E-state index in [0.29, 0.717) is 0 Å². The Balaban J connectivity index is 3.71. The van der Waals surface area contributed by atoms with Crippen LogP contribution in [-0.4, -0.2) is 11.1 Å². The van der Waals surface area contributed by atoms with Crippen LogP contribution < -0.4 is 0 Å². The standard InChI is InChI=1S/C10H18O2/c1-4-8(2)9(3)6-5-7-10(11)12/h4-7H2,1-3H3,(H,11,12). The van der Waals surface area contributed by atoms with Gasteiger partial charge in [-0.3, -0.25) is 4.79 Å². The number of carboxylic acids is 1. The second kappa shape index (κ2) is 5.81. The van der Waals surface area contributed by atoms with Gasteiger partial charge < -0.3 is 5.11 Å². The van der Waals surface area contributed by atoms with Crippen LogP contribution in [0.4, 0.5) is 0 Å². The molecule has 0 saturated heterocycles. The number of allylic oxidation sites excluding steroid dienone is 2. The molecule has 0 aliphatic rings. The number of aliphatic carboxylic acids is 1. The predicted octanol–water partition coefficient (Wildman–Crippen LogP) is 2.99. The van der Waals surface area contributed by atoms with Gasteiger partial charge >= 0.3 is 5.97 Å². The van der Waals surface area contributed by atoms with E-state index in [2.05, 4.69) is 20.8 Å². The summed E-state index contributed by atoms with van der Waals surface area (Å²) in [4.78, 5) is 10.2. The van der Waals surface area contributed by atoms with Gasteiger partial charge in [-0.2, -0.15) is 0 Å². The lowest BCUT2D eigenvalue weighted by Gasteiger charge is -2.03. The van der Waals surface area contributed by atoms with Gasteiger partial charge in [0.2, 0.25) is 0 Å². The van der Waals surface area contributed by atoms with Crippen molar-refractivity contribution in [3.63, 3.8) is 0 Å². The topological polar surface area (TPSA) is 37.3 Å². The lowest BCUT2D eigenvalue weighted by atomic mass is 10.0. The number of rotatable bonds is 5. The van der Waals surface area contributed by atoms with Crippen molar-refractivity contribution in [2.24, 2.45) is 0 Å². The van der Waals surface area contributed by atoms with E-state index in [1.807, 2.05) is 0 Å². The molecule has 0 aromatic carbocycles. The van der Waals surface area contributed by atoms with Gasteiger partial charge in [-0.1, -0.05) is 18.1 Å². The molecule has 0 unspecified atom stereocenters. The third-order valence-corrected chi connectivity index (χ3v) is 2.20. The smallest absolute Gasteiger partial charge is 0.303 e. The van der Waals surface area contributed by atoms with E-state index in [9.17, 15) is 4.79 Å². The van der Waals surface area contributed by atoms with Crippen LogP contribution in [0, 0.1) is 0 Å². The second-order valence-electron chi connectivity index (χ2n) is 3.16. The van der Waals surface area contributed by atoms with Gasteiger partial charge in [0.1, 0.15) is 0 Å². The maximum Gasteiger partial charge on any atom is 0.303 e. The van der Waals surface area contributed by atoms with Crippen LogP contribution in [0.1, 0.15) is 46.5 Å². The van der Waals surface area contributed by atoms with Gasteiger partial charge in [-0.05, 0) is 33.1 Å². The van der Waals surface area contributed by atoms with Crippen molar-refractivity contribution in [1.82, 2.24) is 0 Å². The van der Waals surface area contributed by atoms with Crippen LogP contribution in [-0.2, 0) is 4.79 Å². The largest absolute Gasteiger partial charge is 0.481 e. The molecule has 2 nitrogen and oxygen atoms in total. The molecule has 0 spiro atoms. The minimum absolute atomic E-state index is 0.286. The van der Waals surface area contributed by atoms with Crippen LogP contribution >= 0.6 is 0 Å². The quantitative estimate of drug-likeness (QED) is 0.644. The second-order valence-corrected chi connectivity index (χ2v) is 3.16. The van der Waals surface area contributed by atoms with Crippen molar-refractivity contribution in [1.29, 1.82) is 0 Å². The third-order valence-electron chi connectivity index (χ3n) is 2.20. The molecule has 0 heterocycles. The Morgan fingerprint density at radius 3 is 2.17 bits per heavy atom. The van der Waals surface area contributed by atoms with Crippen LogP contribution in [0.3, 0.4) is 0 Å². The number of carboxylic acid groups (broad SMARTS) is 1. The SMILES string of the molecule is CCC(C)=C(C)CCCC(=O)O. The summed E-state index contributed by atoms with van der Waals surface area (Å²) in [5.41, 5.74) is 2.74. The number of carbonyl (C=O) groups is 1. The summed E-state index contributed by atoms with van der Waals surface area (Å²) in [6.07, 6.45) is 3.04. The number of hydrogen-bond acceptors (Lipinski definition) is 1. The summed E-state index contributed by atoms with van der Waals surface area (Å²) in [5.74, 6) is -0.697. The summed E-state index contributed by atoms with van der Waals surface area (Å²) in [5, 5.41) is 8.41. The first-order chi connectivity index (χ1) is 5.57. The van der Waals surface area contributed by atoms with Gasteiger partial charge in [0.15, 0.2) is 0 Å². The monoisotopic (exact) mass is 170 g/mol. The van der Waals surface area contributed by atoms with Crippen LogP contribution in [0.25, 0.3) is 0 Å². The van der Waals surface area contributed by atoms with E-state index in [0.717, 1.165) is 19.3 Å². The van der Waals surface area contributed by atoms with Crippen molar-refractivity contribution in [2.75, 3.05) is 0 Å². The molecule has 2 heteroatoms. The molecule has 0 aliphatic carbocycles. The Hall–Kier alpha value is -0.790. The highest BCUT2D eigenvalue weighted by molar-refractivity contribution is 5.66. The predicted molar refractivity (Wildman–Crippen MR) is 50.2 cm³/mol. The third kappa shape index (κ3) is 4.94. The summed E-state index contributed by atoms with van der Waals surface area (Å²) >= 11 is 0. The molecule has 1 N–H and O–H groups in total. The Morgan fingerprint density at radius 1 is 1.17 bits per heavy atom. The molecule has 70 valence electrons. The fourth-order valence-corrected chi connectivity index (χ4v) is 1.02. The summed E-state index contributed by atoms with van der Waals surface area (Å²) in [6.45, 7) is 6.31. The van der Waals surface area contributed by atoms with Gasteiger partial charge in [0.05, 0.1) is 0 Å². The summed E-state index contributed by atoms with van der Waals surface area (Å²) < 4.78 is 0. The Morgan fingerprint density at radius 2 is 1.75 bits per heavy atom. The fraction of sp³-hybridized carbons (Fsp3) is 0.700. The van der Waals surface area contributed by atoms with E-state index in [1.54, 1.807) is 0 Å². The van der Waals surface area contributed by atoms with E-state index >= 15 is 0 Å². The number of hydrogen-bond donors (Lipinski definition) is 1. The minimum Gasteiger partial charge on any atom is -0.481 e. The first-order valence-electron chi connectivity index (χ1n) is 4.45. The average molecular weight is 170 g/mol. The summed E-state index contributed by atoms with van der Waals surface area (Å²) in [6, 6.07) is 0. The highest BCUT2D eigenvalue weighted by Gasteiger charge is 1.98. The zero-order valence-electron chi connectivity index (χ0n) is 8.18. The first-order valence-corrected chi connectivity index (χ1v) is 4.45. The summed E-state index contributed by atoms with van der Waals surface area (Å²) in [7, 11) is 0. The van der Waals surface area contributed by atoms with Crippen LogP contribution in [0.5, 0.6) is 0 Å². The van der Waals surface area contributed by atoms with Crippen molar-refractivity contribution in [2.45, 2.75) is 46.5 Å². The molecule has 0 aromatic rings. The van der Waals surface area contributed by atoms with Gasteiger partial charge in [0.25, 0.3) is 0 Å². The van der Waals surface area contributed by atoms with E-state index < -0.39 is 5.97 Å². The molecule has 0 aromatic heterocycles. The van der Waals surface area contributed by atoms with Gasteiger partial charge in [-0.25, -0.2) is 0 Å². The Labute approximate surface area is 74.3 Å². The molecular weight excluding hydrogens is 152 g/mol. The molecule has 0 bridgehead atoms. The first kappa shape index (κ1) is 11.2. The lowest BCUT2D eigenvalue weighted by molar-refractivity contribution is -0.137. The fourth-order valence-electron chi connectivity index (χ4n) is 1.02. The Bertz CT molecular complexity index is 180. The zero-order chi connectivity index (χ0) is 9.56. The lowest BCUT2D eigenvalue weighted by Crippen LogP contribution is -1.94. The molecular formula is C10H18O2. The minimum atomic E-state index is -0.697. The average Bonchev–Trinajstić information content (AvgIpc) is 2.02. The van der Waals surface area contributed by atoms with Crippen LogP contribution in [0.15, 0.2) is 11.1 Å². The van der Waals surface area contributed by atoms with Crippen molar-refractivity contribution < 1.29 is 9.90 Å². The highest BCUT2D eigenvalue weighted by atomic mass is 16.4. The van der Waals surface area contributed by atoms with Crippen molar-refractivity contribution in [3.8, 4) is 0 Å². The molecule has 0 rings (SSSR count). The molecule has 0 radical (unpaired) electrons. The molecule has 0 saturated carbocycles. The van der Waals surface area contributed by atoms with E-state index in [-0.39, 0.29) is 6.42 Å². The van der Waals surface area contributed by atoms with E-state index in [1.165, 1.54) is 11.1 Å². The maximum atomic E-state index is 10.2. The molecule has 12 heavy (non-hydrogen) atoms. The maximum absolute atomic E-state index is 10.2. The molecule has 0 fully saturated rings. The van der Waals surface area contributed by atoms with Crippen molar-refractivity contribution >= 4 is 5.97 Å². The molecule has 0 amide bonds. The zero-order valence-corrected chi connectivity index (χ0v) is 8.18. The Kier molecular flexibility index (Phi) is 5.43. The van der Waals surface area contributed by atoms with Crippen LogP contribution in [0.2, 0.25) is 0 Å².